The Morgan fingerprint density at radius 2 is 0.681 bits per heavy atom. The maximum Gasteiger partial charge on any atom is 0.472 e. The minimum absolute atomic E-state index is 0.0327. The van der Waals surface area contributed by atoms with Crippen molar-refractivity contribution in [2.75, 3.05) is 26.4 Å². The SMILES string of the molecule is CCCCCCCCCCCCCCCCCC(=O)OCC(COP(=O)(O)OC1C(OC2OC(CO)C(O)C(O)C2O)C(O)C(O)C(O)C1OC1OC(COC(=O)CCCCCCCCCCCCC)C(O)C(O)C1O)OC(=O)CCCCCCCCCCCCCCC. The van der Waals surface area contributed by atoms with E-state index in [1.54, 1.807) is 0 Å². The zero-order valence-corrected chi connectivity index (χ0v) is 58.4. The summed E-state index contributed by atoms with van der Waals surface area (Å²) in [7, 11) is -5.69. The summed E-state index contributed by atoms with van der Waals surface area (Å²) in [6, 6.07) is 0. The average Bonchev–Trinajstić information content (AvgIpc) is 0.764. The van der Waals surface area contributed by atoms with Gasteiger partial charge in [-0.15, -0.1) is 0 Å². The fraction of sp³-hybridized carbons (Fsp3) is 0.957. The first-order chi connectivity index (χ1) is 45.3. The van der Waals surface area contributed by atoms with Gasteiger partial charge in [0.2, 0.25) is 0 Å². The minimum atomic E-state index is -5.69. The van der Waals surface area contributed by atoms with Crippen LogP contribution in [0.1, 0.15) is 290 Å². The van der Waals surface area contributed by atoms with Crippen molar-refractivity contribution in [2.24, 2.45) is 0 Å². The summed E-state index contributed by atoms with van der Waals surface area (Å²) in [5.41, 5.74) is 0. The molecule has 0 aromatic heterocycles. The molecule has 2 saturated heterocycles. The van der Waals surface area contributed by atoms with E-state index in [9.17, 15) is 74.9 Å². The van der Waals surface area contributed by atoms with Crippen LogP contribution in [0.3, 0.4) is 0 Å². The van der Waals surface area contributed by atoms with E-state index in [0.29, 0.717) is 19.3 Å². The van der Waals surface area contributed by atoms with Crippen LogP contribution in [-0.2, 0) is 61.2 Å². The van der Waals surface area contributed by atoms with Gasteiger partial charge in [-0.2, -0.15) is 0 Å². The second-order valence-corrected chi connectivity index (χ2v) is 28.1. The first-order valence-electron chi connectivity index (χ1n) is 36.8. The number of ether oxygens (including phenoxy) is 7. The molecule has 25 heteroatoms. The zero-order valence-electron chi connectivity index (χ0n) is 57.5. The van der Waals surface area contributed by atoms with Crippen molar-refractivity contribution in [3.63, 3.8) is 0 Å². The third-order valence-electron chi connectivity index (χ3n) is 18.4. The van der Waals surface area contributed by atoms with Gasteiger partial charge in [-0.25, -0.2) is 4.57 Å². The molecular formula is C69H129O24P. The minimum Gasteiger partial charge on any atom is -0.463 e. The Labute approximate surface area is 561 Å². The first-order valence-corrected chi connectivity index (χ1v) is 38.3. The van der Waals surface area contributed by atoms with E-state index in [1.807, 2.05) is 0 Å². The summed E-state index contributed by atoms with van der Waals surface area (Å²) in [5, 5.41) is 110. The largest absolute Gasteiger partial charge is 0.472 e. The Morgan fingerprint density at radius 3 is 1.04 bits per heavy atom. The van der Waals surface area contributed by atoms with Crippen molar-refractivity contribution in [3.8, 4) is 0 Å². The third kappa shape index (κ3) is 35.3. The van der Waals surface area contributed by atoms with Crippen molar-refractivity contribution in [1.82, 2.24) is 0 Å². The van der Waals surface area contributed by atoms with Gasteiger partial charge in [0, 0.05) is 19.3 Å². The van der Waals surface area contributed by atoms with E-state index in [4.69, 9.17) is 42.2 Å². The van der Waals surface area contributed by atoms with Crippen molar-refractivity contribution >= 4 is 25.7 Å². The third-order valence-corrected chi connectivity index (χ3v) is 19.4. The van der Waals surface area contributed by atoms with Crippen molar-refractivity contribution in [2.45, 2.75) is 395 Å². The summed E-state index contributed by atoms with van der Waals surface area (Å²) in [6.07, 6.45) is 7.59. The Bertz CT molecular complexity index is 1960. The molecule has 0 aromatic carbocycles. The maximum atomic E-state index is 14.3. The van der Waals surface area contributed by atoms with E-state index in [2.05, 4.69) is 20.8 Å². The monoisotopic (exact) mass is 1370 g/mol. The molecule has 18 atom stereocenters. The predicted molar refractivity (Wildman–Crippen MR) is 352 cm³/mol. The highest BCUT2D eigenvalue weighted by Gasteiger charge is 2.58. The fourth-order valence-corrected chi connectivity index (χ4v) is 13.3. The van der Waals surface area contributed by atoms with E-state index in [0.717, 1.165) is 89.9 Å². The number of aliphatic hydroxyl groups excluding tert-OH is 10. The van der Waals surface area contributed by atoms with E-state index < -0.39 is 156 Å². The quantitative estimate of drug-likeness (QED) is 0.0117. The Morgan fingerprint density at radius 1 is 0.372 bits per heavy atom. The number of esters is 3. The molecule has 3 fully saturated rings. The number of phosphoric acid groups is 1. The number of rotatable bonds is 57. The molecule has 94 heavy (non-hydrogen) atoms. The molecule has 11 N–H and O–H groups in total. The van der Waals surface area contributed by atoms with Crippen LogP contribution in [0, 0.1) is 0 Å². The van der Waals surface area contributed by atoms with E-state index in [1.165, 1.54) is 141 Å². The molecule has 18 unspecified atom stereocenters. The summed E-state index contributed by atoms with van der Waals surface area (Å²) in [6.45, 7) is 3.44. The van der Waals surface area contributed by atoms with Crippen molar-refractivity contribution < 1.29 is 117 Å². The van der Waals surface area contributed by atoms with Crippen molar-refractivity contribution in [3.05, 3.63) is 0 Å². The summed E-state index contributed by atoms with van der Waals surface area (Å²) in [4.78, 5) is 50.9. The number of aliphatic hydroxyl groups is 10. The van der Waals surface area contributed by atoms with Gasteiger partial charge in [0.25, 0.3) is 0 Å². The van der Waals surface area contributed by atoms with E-state index >= 15 is 0 Å². The van der Waals surface area contributed by atoms with Crippen molar-refractivity contribution in [1.29, 1.82) is 0 Å². The lowest BCUT2D eigenvalue weighted by atomic mass is 9.84. The molecule has 2 heterocycles. The first kappa shape index (κ1) is 86.2. The standard InChI is InChI=1S/C69H129O24P/c1-4-7-10-13-16-19-22-24-25-27-29-32-34-37-40-43-53(71)85-47-50(88-55(73)45-42-39-36-33-30-26-23-20-17-14-11-8-5-2)48-87-94(83,84)93-67-65(91-68-63(81)58(76)56(74)51(46-70)89-68)61(79)60(78)62(80)66(67)92-69-64(82)59(77)57(75)52(90-69)49-86-54(72)44-41-38-35-31-28-21-18-15-12-9-6-3/h50-52,56-70,74-82H,4-49H2,1-3H3,(H,83,84). The van der Waals surface area contributed by atoms with Crippen LogP contribution in [0.25, 0.3) is 0 Å². The second kappa shape index (κ2) is 52.0. The van der Waals surface area contributed by atoms with Gasteiger partial charge in [-0.1, -0.05) is 252 Å². The van der Waals surface area contributed by atoms with Crippen LogP contribution in [0.15, 0.2) is 0 Å². The number of carbonyl (C=O) groups excluding carboxylic acids is 3. The van der Waals surface area contributed by atoms with Crippen LogP contribution >= 0.6 is 7.82 Å². The maximum absolute atomic E-state index is 14.3. The number of hydrogen-bond acceptors (Lipinski definition) is 23. The molecule has 0 bridgehead atoms. The highest BCUT2D eigenvalue weighted by molar-refractivity contribution is 7.47. The number of carbonyl (C=O) groups is 3. The molecule has 3 aliphatic rings. The van der Waals surface area contributed by atoms with Crippen LogP contribution in [0.4, 0.5) is 0 Å². The molecule has 1 saturated carbocycles. The Balaban J connectivity index is 1.75. The van der Waals surface area contributed by atoms with Gasteiger partial charge in [0.15, 0.2) is 18.7 Å². The lowest BCUT2D eigenvalue weighted by Gasteiger charge is -2.49. The molecule has 0 amide bonds. The Kier molecular flexibility index (Phi) is 47.7. The van der Waals surface area contributed by atoms with Gasteiger partial charge in [-0.05, 0) is 19.3 Å². The van der Waals surface area contributed by atoms with Gasteiger partial charge in [-0.3, -0.25) is 23.4 Å². The smallest absolute Gasteiger partial charge is 0.463 e. The highest BCUT2D eigenvalue weighted by Crippen LogP contribution is 2.49. The molecular weight excluding hydrogens is 1240 g/mol. The summed E-state index contributed by atoms with van der Waals surface area (Å²) < 4.78 is 64.9. The lowest BCUT2D eigenvalue weighted by molar-refractivity contribution is -0.360. The zero-order chi connectivity index (χ0) is 68.9. The molecule has 2 aliphatic heterocycles. The molecule has 1 aliphatic carbocycles. The van der Waals surface area contributed by atoms with E-state index in [-0.39, 0.29) is 19.3 Å². The van der Waals surface area contributed by atoms with Crippen LogP contribution in [0.2, 0.25) is 0 Å². The molecule has 0 radical (unpaired) electrons. The van der Waals surface area contributed by atoms with Gasteiger partial charge >= 0.3 is 25.7 Å². The molecule has 24 nitrogen and oxygen atoms in total. The second-order valence-electron chi connectivity index (χ2n) is 26.7. The molecule has 0 spiro atoms. The summed E-state index contributed by atoms with van der Waals surface area (Å²) in [5.74, 6) is -1.98. The summed E-state index contributed by atoms with van der Waals surface area (Å²) >= 11 is 0. The van der Waals surface area contributed by atoms with Gasteiger partial charge < -0.3 is 89.1 Å². The van der Waals surface area contributed by atoms with Gasteiger partial charge in [0.1, 0.15) is 98.7 Å². The number of unbranched alkanes of at least 4 members (excludes halogenated alkanes) is 36. The Hall–Kier alpha value is -2.04. The normalized spacial score (nSPS) is 28.2. The van der Waals surface area contributed by atoms with Crippen LogP contribution in [0.5, 0.6) is 0 Å². The number of hydrogen-bond donors (Lipinski definition) is 11. The van der Waals surface area contributed by atoms with Crippen LogP contribution in [-0.4, -0.2) is 204 Å². The lowest BCUT2D eigenvalue weighted by Crippen LogP contribution is -2.69. The fourth-order valence-electron chi connectivity index (χ4n) is 12.3. The van der Waals surface area contributed by atoms with Crippen LogP contribution < -0.4 is 0 Å². The van der Waals surface area contributed by atoms with Gasteiger partial charge in [0.05, 0.1) is 13.2 Å². The number of phosphoric ester groups is 1. The topological polar surface area (TPSA) is 374 Å². The molecule has 0 aromatic rings. The molecule has 554 valence electrons. The predicted octanol–water partition coefficient (Wildman–Crippen LogP) is 9.40. The average molecular weight is 1370 g/mol. The molecule has 3 rings (SSSR count). The highest BCUT2D eigenvalue weighted by atomic mass is 31.2.